The summed E-state index contributed by atoms with van der Waals surface area (Å²) in [5.74, 6) is 0. The van der Waals surface area contributed by atoms with Crippen molar-refractivity contribution in [3.8, 4) is 0 Å². The Kier molecular flexibility index (Phi) is 6.92. The molecule has 0 rings (SSSR count). The van der Waals surface area contributed by atoms with E-state index in [1.807, 2.05) is 0 Å². The second-order valence-electron chi connectivity index (χ2n) is 2.68. The van der Waals surface area contributed by atoms with Crippen LogP contribution >= 0.6 is 23.2 Å². The number of hydrogen-bond donors (Lipinski definition) is 2. The molecule has 0 bridgehead atoms. The van der Waals surface area contributed by atoms with Crippen LogP contribution in [0.1, 0.15) is 6.92 Å². The molecule has 3 nitrogen and oxygen atoms in total. The third kappa shape index (κ3) is 5.50. The molecule has 0 spiro atoms. The molecule has 0 radical (unpaired) electrons. The molecule has 2 N–H and O–H groups in total. The number of rotatable bonds is 4. The van der Waals surface area contributed by atoms with Gasteiger partial charge in [-0.05, 0) is 13.0 Å². The average Bonchev–Trinajstić information content (AvgIpc) is 2.22. The fraction of sp³-hybridized carbons (Fsp3) is 0.300. The first-order valence-corrected chi connectivity index (χ1v) is 5.16. The number of alkyl halides is 1. The molecule has 0 fully saturated rings. The Balaban J connectivity index is 4.88. The van der Waals surface area contributed by atoms with Crippen molar-refractivity contribution in [2.24, 2.45) is 0 Å². The summed E-state index contributed by atoms with van der Waals surface area (Å²) in [6.07, 6.45) is 4.87. The quantitative estimate of drug-likeness (QED) is 0.583. The van der Waals surface area contributed by atoms with Crippen LogP contribution in [0.15, 0.2) is 35.5 Å². The van der Waals surface area contributed by atoms with E-state index < -0.39 is 0 Å². The third-order valence-corrected chi connectivity index (χ3v) is 2.34. The van der Waals surface area contributed by atoms with Crippen LogP contribution in [0.2, 0.25) is 0 Å². The van der Waals surface area contributed by atoms with Crippen LogP contribution < -0.4 is 10.6 Å². The normalized spacial score (nSPS) is 14.4. The zero-order valence-electron chi connectivity index (χ0n) is 8.68. The predicted molar refractivity (Wildman–Crippen MR) is 65.1 cm³/mol. The summed E-state index contributed by atoms with van der Waals surface area (Å²) < 4.78 is 0. The maximum Gasteiger partial charge on any atom is 0.319 e. The molecule has 0 aliphatic rings. The van der Waals surface area contributed by atoms with E-state index in [0.717, 1.165) is 0 Å². The Labute approximate surface area is 99.8 Å². The van der Waals surface area contributed by atoms with E-state index in [2.05, 4.69) is 17.2 Å². The topological polar surface area (TPSA) is 41.1 Å². The van der Waals surface area contributed by atoms with Crippen molar-refractivity contribution in [1.29, 1.82) is 0 Å². The lowest BCUT2D eigenvalue weighted by atomic mass is 10.3. The van der Waals surface area contributed by atoms with E-state index in [9.17, 15) is 4.79 Å². The van der Waals surface area contributed by atoms with E-state index in [4.69, 9.17) is 23.2 Å². The Bertz CT molecular complexity index is 296. The largest absolute Gasteiger partial charge is 0.341 e. The minimum absolute atomic E-state index is 0.353. The smallest absolute Gasteiger partial charge is 0.319 e. The molecule has 0 heterocycles. The zero-order valence-corrected chi connectivity index (χ0v) is 10.2. The van der Waals surface area contributed by atoms with Gasteiger partial charge in [0.15, 0.2) is 0 Å². The van der Waals surface area contributed by atoms with Gasteiger partial charge in [-0.3, -0.25) is 0 Å². The van der Waals surface area contributed by atoms with Crippen molar-refractivity contribution in [3.05, 3.63) is 35.5 Å². The van der Waals surface area contributed by atoms with E-state index in [-0.39, 0.29) is 11.4 Å². The van der Waals surface area contributed by atoms with E-state index in [1.54, 1.807) is 25.2 Å². The lowest BCUT2D eigenvalue weighted by Crippen LogP contribution is -2.32. The van der Waals surface area contributed by atoms with Crippen LogP contribution in [0, 0.1) is 0 Å². The van der Waals surface area contributed by atoms with Crippen LogP contribution in [-0.2, 0) is 0 Å². The molecule has 0 saturated heterocycles. The molecule has 84 valence electrons. The second kappa shape index (κ2) is 7.37. The second-order valence-corrected chi connectivity index (χ2v) is 3.74. The minimum Gasteiger partial charge on any atom is -0.341 e. The fourth-order valence-electron chi connectivity index (χ4n) is 0.744. The molecule has 0 aliphatic carbocycles. The fourth-order valence-corrected chi connectivity index (χ4v) is 0.972. The molecule has 0 aliphatic heterocycles. The van der Waals surface area contributed by atoms with E-state index >= 15 is 0 Å². The van der Waals surface area contributed by atoms with Crippen molar-refractivity contribution >= 4 is 29.2 Å². The molecule has 0 aromatic carbocycles. The highest BCUT2D eigenvalue weighted by molar-refractivity contribution is 6.37. The molecule has 1 atom stereocenters. The summed E-state index contributed by atoms with van der Waals surface area (Å²) in [5, 5.41) is 4.99. The van der Waals surface area contributed by atoms with Crippen LogP contribution in [0.3, 0.4) is 0 Å². The molecule has 1 unspecified atom stereocenters. The summed E-state index contributed by atoms with van der Waals surface area (Å²) in [6, 6.07) is -0.353. The first-order chi connectivity index (χ1) is 7.02. The van der Waals surface area contributed by atoms with Crippen molar-refractivity contribution in [2.75, 3.05) is 7.05 Å². The van der Waals surface area contributed by atoms with Gasteiger partial charge in [0.2, 0.25) is 0 Å². The van der Waals surface area contributed by atoms with Gasteiger partial charge in [-0.2, -0.15) is 0 Å². The highest BCUT2D eigenvalue weighted by Crippen LogP contribution is 2.18. The summed E-state index contributed by atoms with van der Waals surface area (Å²) in [6.45, 7) is 5.24. The number of nitrogens with one attached hydrogen (secondary N) is 2. The number of urea groups is 1. The van der Waals surface area contributed by atoms with Gasteiger partial charge in [0.25, 0.3) is 0 Å². The summed E-state index contributed by atoms with van der Waals surface area (Å²) >= 11 is 11.7. The number of carbonyl (C=O) groups excluding carboxylic acids is 1. The molecular formula is C10H14Cl2N2O. The summed E-state index contributed by atoms with van der Waals surface area (Å²) in [4.78, 5) is 11.1. The van der Waals surface area contributed by atoms with Crippen LogP contribution in [0.4, 0.5) is 4.79 Å². The van der Waals surface area contributed by atoms with Gasteiger partial charge in [-0.1, -0.05) is 30.3 Å². The maximum absolute atomic E-state index is 11.1. The molecule has 5 heteroatoms. The van der Waals surface area contributed by atoms with Crippen LogP contribution in [-0.4, -0.2) is 18.5 Å². The van der Waals surface area contributed by atoms with Gasteiger partial charge in [-0.25, -0.2) is 4.79 Å². The van der Waals surface area contributed by atoms with Gasteiger partial charge >= 0.3 is 6.03 Å². The van der Waals surface area contributed by atoms with Crippen molar-refractivity contribution in [1.82, 2.24) is 10.6 Å². The third-order valence-electron chi connectivity index (χ3n) is 1.48. The summed E-state index contributed by atoms with van der Waals surface area (Å²) in [7, 11) is 1.52. The Morgan fingerprint density at radius 1 is 1.53 bits per heavy atom. The van der Waals surface area contributed by atoms with Gasteiger partial charge in [0, 0.05) is 7.05 Å². The predicted octanol–water partition coefficient (Wildman–Crippen LogP) is 2.74. The lowest BCUT2D eigenvalue weighted by Gasteiger charge is -2.09. The van der Waals surface area contributed by atoms with E-state index in [0.29, 0.717) is 10.7 Å². The molecule has 0 aromatic heterocycles. The monoisotopic (exact) mass is 248 g/mol. The number of hydrogen-bond acceptors (Lipinski definition) is 1. The maximum atomic E-state index is 11.1. The van der Waals surface area contributed by atoms with Crippen LogP contribution in [0.5, 0.6) is 0 Å². The minimum atomic E-state index is -0.367. The Hall–Kier alpha value is -0.930. The molecule has 2 amide bonds. The molecule has 0 aromatic rings. The average molecular weight is 249 g/mol. The van der Waals surface area contributed by atoms with Gasteiger partial charge in [-0.15, -0.1) is 11.6 Å². The van der Waals surface area contributed by atoms with Crippen LogP contribution in [0.25, 0.3) is 0 Å². The van der Waals surface area contributed by atoms with Gasteiger partial charge < -0.3 is 10.6 Å². The lowest BCUT2D eigenvalue weighted by molar-refractivity contribution is 0.245. The SMILES string of the molecule is C=C/C=C\C(NC(=O)NC)=C(\Cl)C(C)Cl. The number of halogens is 2. The molecule has 0 saturated carbocycles. The van der Waals surface area contributed by atoms with Crippen molar-refractivity contribution in [2.45, 2.75) is 12.3 Å². The summed E-state index contributed by atoms with van der Waals surface area (Å²) in [5.41, 5.74) is 0.457. The standard InChI is InChI=1S/C10H14Cl2N2O/c1-4-5-6-8(9(12)7(2)11)14-10(15)13-3/h4-7H,1H2,2-3H3,(H2,13,14,15)/b6-5-,9-8-. The Morgan fingerprint density at radius 2 is 2.13 bits per heavy atom. The first-order valence-electron chi connectivity index (χ1n) is 4.34. The van der Waals surface area contributed by atoms with Gasteiger partial charge in [0.05, 0.1) is 16.1 Å². The number of carbonyl (C=O) groups is 1. The molecular weight excluding hydrogens is 235 g/mol. The zero-order chi connectivity index (χ0) is 11.8. The van der Waals surface area contributed by atoms with Crippen molar-refractivity contribution in [3.63, 3.8) is 0 Å². The number of allylic oxidation sites excluding steroid dienone is 4. The first kappa shape index (κ1) is 14.1. The number of amides is 2. The molecule has 15 heavy (non-hydrogen) atoms. The van der Waals surface area contributed by atoms with Crippen molar-refractivity contribution < 1.29 is 4.79 Å². The highest BCUT2D eigenvalue weighted by atomic mass is 35.5. The van der Waals surface area contributed by atoms with E-state index in [1.165, 1.54) is 7.05 Å². The van der Waals surface area contributed by atoms with Gasteiger partial charge in [0.1, 0.15) is 0 Å². The Morgan fingerprint density at radius 3 is 2.53 bits per heavy atom. The highest BCUT2D eigenvalue weighted by Gasteiger charge is 2.09.